The number of ether oxygens (including phenoxy) is 1. The Morgan fingerprint density at radius 1 is 0.938 bits per heavy atom. The zero-order valence-electron chi connectivity index (χ0n) is 20.2. The van der Waals surface area contributed by atoms with Gasteiger partial charge in [0, 0.05) is 0 Å². The van der Waals surface area contributed by atoms with E-state index in [1.54, 1.807) is 0 Å². The zero-order chi connectivity index (χ0) is 23.6. The maximum Gasteiger partial charge on any atom is 0.412 e. The van der Waals surface area contributed by atoms with E-state index in [4.69, 9.17) is 9.16 Å². The van der Waals surface area contributed by atoms with Gasteiger partial charge < -0.3 is 14.3 Å². The highest BCUT2D eigenvalue weighted by Crippen LogP contribution is 2.37. The van der Waals surface area contributed by atoms with Crippen LogP contribution in [0, 0.1) is 0 Å². The van der Waals surface area contributed by atoms with Gasteiger partial charge in [0.05, 0.1) is 12.6 Å². The molecule has 1 N–H and O–H groups in total. The number of aliphatic hydroxyl groups is 1. The Bertz CT molecular complexity index is 850. The first-order valence-corrected chi connectivity index (χ1v) is 13.3. The van der Waals surface area contributed by atoms with Gasteiger partial charge in [0.15, 0.2) is 0 Å². The van der Waals surface area contributed by atoms with E-state index in [0.717, 1.165) is 0 Å². The van der Waals surface area contributed by atoms with Gasteiger partial charge in [-0.05, 0) is 49.0 Å². The lowest BCUT2D eigenvalue weighted by atomic mass is 10.2. The van der Waals surface area contributed by atoms with Gasteiger partial charge in [0.1, 0.15) is 11.8 Å². The molecule has 1 aliphatic heterocycles. The van der Waals surface area contributed by atoms with Crippen molar-refractivity contribution in [1.82, 2.24) is 4.90 Å². The summed E-state index contributed by atoms with van der Waals surface area (Å²) in [5.74, 6) is 0. The molecular formula is C26H37NO4Si. The number of benzene rings is 2. The SMILES string of the molecule is CC(C)(C)OC(=O)N1C(O)CC[C@H]1CO[Si](c1ccccc1)(c1ccccc1)C(C)(C)C. The molecule has 1 aliphatic rings. The Labute approximate surface area is 193 Å². The van der Waals surface area contributed by atoms with E-state index in [9.17, 15) is 9.90 Å². The molecule has 1 heterocycles. The average Bonchev–Trinajstić information content (AvgIpc) is 3.08. The Morgan fingerprint density at radius 3 is 1.88 bits per heavy atom. The van der Waals surface area contributed by atoms with Crippen LogP contribution in [-0.2, 0) is 9.16 Å². The highest BCUT2D eigenvalue weighted by atomic mass is 28.4. The van der Waals surface area contributed by atoms with Gasteiger partial charge >= 0.3 is 6.09 Å². The third-order valence-corrected chi connectivity index (χ3v) is 11.0. The van der Waals surface area contributed by atoms with Crippen molar-refractivity contribution in [3.63, 3.8) is 0 Å². The Kier molecular flexibility index (Phi) is 7.17. The van der Waals surface area contributed by atoms with Crippen LogP contribution in [0.4, 0.5) is 4.79 Å². The molecule has 0 aromatic heterocycles. The maximum absolute atomic E-state index is 12.8. The minimum Gasteiger partial charge on any atom is -0.444 e. The van der Waals surface area contributed by atoms with E-state index in [-0.39, 0.29) is 11.1 Å². The number of nitrogens with zero attached hydrogens (tertiary/aromatic N) is 1. The number of hydrogen-bond donors (Lipinski definition) is 1. The van der Waals surface area contributed by atoms with E-state index in [1.807, 2.05) is 32.9 Å². The Morgan fingerprint density at radius 2 is 1.44 bits per heavy atom. The third kappa shape index (κ3) is 5.08. The summed E-state index contributed by atoms with van der Waals surface area (Å²) in [6, 6.07) is 20.6. The number of likely N-dealkylation sites (tertiary alicyclic amines) is 1. The number of hydrogen-bond acceptors (Lipinski definition) is 4. The summed E-state index contributed by atoms with van der Waals surface area (Å²) in [6.45, 7) is 12.5. The van der Waals surface area contributed by atoms with Gasteiger partial charge in [-0.1, -0.05) is 81.4 Å². The molecule has 0 bridgehead atoms. The lowest BCUT2D eigenvalue weighted by Gasteiger charge is -2.44. The topological polar surface area (TPSA) is 59.0 Å². The van der Waals surface area contributed by atoms with Gasteiger partial charge in [-0.25, -0.2) is 4.79 Å². The number of rotatable bonds is 5. The fraction of sp³-hybridized carbons (Fsp3) is 0.500. The molecule has 0 spiro atoms. The van der Waals surface area contributed by atoms with Crippen LogP contribution >= 0.6 is 0 Å². The highest BCUT2D eigenvalue weighted by molar-refractivity contribution is 6.99. The summed E-state index contributed by atoms with van der Waals surface area (Å²) in [6.07, 6.45) is -0.136. The minimum absolute atomic E-state index is 0.149. The molecule has 6 heteroatoms. The van der Waals surface area contributed by atoms with E-state index < -0.39 is 26.2 Å². The van der Waals surface area contributed by atoms with E-state index in [2.05, 4.69) is 69.3 Å². The number of aliphatic hydroxyl groups excluding tert-OH is 1. The molecular weight excluding hydrogens is 418 g/mol. The van der Waals surface area contributed by atoms with E-state index >= 15 is 0 Å². The molecule has 5 nitrogen and oxygen atoms in total. The van der Waals surface area contributed by atoms with E-state index in [1.165, 1.54) is 15.3 Å². The lowest BCUT2D eigenvalue weighted by Crippen LogP contribution is -2.67. The fourth-order valence-electron chi connectivity index (χ4n) is 4.59. The van der Waals surface area contributed by atoms with Crippen LogP contribution in [0.5, 0.6) is 0 Å². The smallest absolute Gasteiger partial charge is 0.412 e. The van der Waals surface area contributed by atoms with Crippen LogP contribution < -0.4 is 10.4 Å². The molecule has 0 radical (unpaired) electrons. The summed E-state index contributed by atoms with van der Waals surface area (Å²) in [7, 11) is -2.71. The molecule has 3 rings (SSSR count). The third-order valence-electron chi connectivity index (χ3n) is 5.99. The monoisotopic (exact) mass is 455 g/mol. The first-order chi connectivity index (χ1) is 15.0. The molecule has 1 unspecified atom stereocenters. The quantitative estimate of drug-likeness (QED) is 0.684. The van der Waals surface area contributed by atoms with Crippen LogP contribution in [0.15, 0.2) is 60.7 Å². The Balaban J connectivity index is 1.97. The van der Waals surface area contributed by atoms with Crippen molar-refractivity contribution in [2.24, 2.45) is 0 Å². The van der Waals surface area contributed by atoms with Crippen LogP contribution in [0.2, 0.25) is 5.04 Å². The molecule has 174 valence electrons. The first kappa shape index (κ1) is 24.5. The van der Waals surface area contributed by atoms with Crippen LogP contribution in [-0.4, -0.2) is 48.9 Å². The second-order valence-corrected chi connectivity index (χ2v) is 14.9. The second-order valence-electron chi connectivity index (χ2n) is 10.6. The van der Waals surface area contributed by atoms with Gasteiger partial charge in [0.2, 0.25) is 0 Å². The van der Waals surface area contributed by atoms with Gasteiger partial charge in [-0.2, -0.15) is 0 Å². The fourth-order valence-corrected chi connectivity index (χ4v) is 9.19. The normalized spacial score (nSPS) is 19.8. The second kappa shape index (κ2) is 9.38. The molecule has 1 fully saturated rings. The van der Waals surface area contributed by atoms with Crippen LogP contribution in [0.3, 0.4) is 0 Å². The molecule has 1 saturated heterocycles. The largest absolute Gasteiger partial charge is 0.444 e. The molecule has 0 saturated carbocycles. The predicted octanol–water partition coefficient (Wildman–Crippen LogP) is 4.28. The van der Waals surface area contributed by atoms with Crippen molar-refractivity contribution in [3.8, 4) is 0 Å². The Hall–Kier alpha value is -2.15. The lowest BCUT2D eigenvalue weighted by molar-refractivity contribution is -0.0294. The van der Waals surface area contributed by atoms with Crippen molar-refractivity contribution in [2.45, 2.75) is 77.3 Å². The van der Waals surface area contributed by atoms with Crippen molar-refractivity contribution < 1.29 is 19.1 Å². The highest BCUT2D eigenvalue weighted by Gasteiger charge is 2.51. The summed E-state index contributed by atoms with van der Waals surface area (Å²) in [5, 5.41) is 12.8. The molecule has 0 aliphatic carbocycles. The van der Waals surface area contributed by atoms with Crippen molar-refractivity contribution in [2.75, 3.05) is 6.61 Å². The predicted molar refractivity (Wildman–Crippen MR) is 131 cm³/mol. The van der Waals surface area contributed by atoms with E-state index in [0.29, 0.717) is 19.4 Å². The standard InChI is InChI=1S/C26H37NO4Si/c1-25(2,3)31-24(29)27-20(17-18-23(27)28)19-30-32(26(4,5)6,21-13-9-7-10-14-21)22-15-11-8-12-16-22/h7-16,20,23,28H,17-19H2,1-6H3/t20-,23?/m0/s1. The number of carbonyl (C=O) groups is 1. The minimum atomic E-state index is -2.71. The van der Waals surface area contributed by atoms with Crippen LogP contribution in [0.25, 0.3) is 0 Å². The van der Waals surface area contributed by atoms with Gasteiger partial charge in [0.25, 0.3) is 8.32 Å². The zero-order valence-corrected chi connectivity index (χ0v) is 21.2. The summed E-state index contributed by atoms with van der Waals surface area (Å²) in [5.41, 5.74) is -0.622. The van der Waals surface area contributed by atoms with Crippen molar-refractivity contribution in [1.29, 1.82) is 0 Å². The van der Waals surface area contributed by atoms with Crippen molar-refractivity contribution in [3.05, 3.63) is 60.7 Å². The molecule has 1 amide bonds. The maximum atomic E-state index is 12.8. The van der Waals surface area contributed by atoms with Gasteiger partial charge in [-0.15, -0.1) is 0 Å². The summed E-state index contributed by atoms with van der Waals surface area (Å²) >= 11 is 0. The summed E-state index contributed by atoms with van der Waals surface area (Å²) in [4.78, 5) is 14.3. The summed E-state index contributed by atoms with van der Waals surface area (Å²) < 4.78 is 12.6. The molecule has 2 aromatic rings. The van der Waals surface area contributed by atoms with Crippen molar-refractivity contribution >= 4 is 24.8 Å². The molecule has 2 aromatic carbocycles. The number of amides is 1. The van der Waals surface area contributed by atoms with Crippen LogP contribution in [0.1, 0.15) is 54.4 Å². The molecule has 32 heavy (non-hydrogen) atoms. The molecule has 2 atom stereocenters. The number of carbonyl (C=O) groups excluding carboxylic acids is 1. The first-order valence-electron chi connectivity index (χ1n) is 11.4. The van der Waals surface area contributed by atoms with Gasteiger partial charge in [-0.3, -0.25) is 4.90 Å². The average molecular weight is 456 g/mol.